The molecule has 2 fully saturated rings. The third kappa shape index (κ3) is 5.54. The van der Waals surface area contributed by atoms with Crippen molar-refractivity contribution in [1.29, 1.82) is 0 Å². The zero-order valence-electron chi connectivity index (χ0n) is 14.8. The topological polar surface area (TPSA) is 49.9 Å². The molecule has 1 aromatic heterocycles. The lowest BCUT2D eigenvalue weighted by atomic mass is 10.2. The molecule has 0 saturated carbocycles. The van der Waals surface area contributed by atoms with Gasteiger partial charge in [0, 0.05) is 45.6 Å². The second kappa shape index (κ2) is 9.34. The van der Waals surface area contributed by atoms with Crippen LogP contribution in [0.4, 0.5) is 0 Å². The molecule has 1 aromatic rings. The molecule has 2 aliphatic heterocycles. The summed E-state index contributed by atoms with van der Waals surface area (Å²) in [5, 5.41) is 4.13. The Bertz CT molecular complexity index is 555. The predicted octanol–water partition coefficient (Wildman–Crippen LogP) is 3.05. The molecule has 6 heteroatoms. The molecule has 138 valence electrons. The molecule has 0 aliphatic carbocycles. The Labute approximate surface area is 153 Å². The Kier molecular flexibility index (Phi) is 6.87. The van der Waals surface area contributed by atoms with Crippen LogP contribution in [0, 0.1) is 0 Å². The third-order valence-electron chi connectivity index (χ3n) is 5.02. The molecular formula is C19H28N2O3S. The molecular weight excluding hydrogens is 336 g/mol. The van der Waals surface area contributed by atoms with Gasteiger partial charge in [-0.3, -0.25) is 9.59 Å². The summed E-state index contributed by atoms with van der Waals surface area (Å²) >= 11 is 1.65. The minimum atomic E-state index is 0.124. The first-order valence-electron chi connectivity index (χ1n) is 9.40. The quantitative estimate of drug-likeness (QED) is 0.747. The summed E-state index contributed by atoms with van der Waals surface area (Å²) in [6, 6.07) is 2.07. The number of likely N-dealkylation sites (tertiary alicyclic amines) is 1. The molecule has 5 nitrogen and oxygen atoms in total. The minimum absolute atomic E-state index is 0.124. The van der Waals surface area contributed by atoms with E-state index in [1.807, 2.05) is 15.2 Å². The van der Waals surface area contributed by atoms with Crippen LogP contribution in [0.5, 0.6) is 0 Å². The molecule has 0 bridgehead atoms. The van der Waals surface area contributed by atoms with E-state index in [-0.39, 0.29) is 17.9 Å². The Balaban J connectivity index is 1.56. The second-order valence-electron chi connectivity index (χ2n) is 6.98. The average molecular weight is 365 g/mol. The lowest BCUT2D eigenvalue weighted by Gasteiger charge is -2.27. The fourth-order valence-corrected chi connectivity index (χ4v) is 4.22. The molecule has 0 N–H and O–H groups in total. The summed E-state index contributed by atoms with van der Waals surface area (Å²) in [4.78, 5) is 28.7. The van der Waals surface area contributed by atoms with Crippen molar-refractivity contribution < 1.29 is 14.3 Å². The van der Waals surface area contributed by atoms with Gasteiger partial charge in [-0.25, -0.2) is 0 Å². The van der Waals surface area contributed by atoms with E-state index in [1.54, 1.807) is 11.3 Å². The first-order chi connectivity index (χ1) is 12.2. The molecule has 2 saturated heterocycles. The predicted molar refractivity (Wildman–Crippen MR) is 98.4 cm³/mol. The highest BCUT2D eigenvalue weighted by Crippen LogP contribution is 2.18. The van der Waals surface area contributed by atoms with E-state index in [0.29, 0.717) is 32.5 Å². The van der Waals surface area contributed by atoms with E-state index in [0.717, 1.165) is 45.3 Å². The van der Waals surface area contributed by atoms with Crippen molar-refractivity contribution in [2.75, 3.05) is 26.2 Å². The summed E-state index contributed by atoms with van der Waals surface area (Å²) < 4.78 is 5.73. The van der Waals surface area contributed by atoms with Gasteiger partial charge in [-0.2, -0.15) is 11.3 Å². The van der Waals surface area contributed by atoms with Gasteiger partial charge in [0.15, 0.2) is 0 Å². The van der Waals surface area contributed by atoms with E-state index in [9.17, 15) is 9.59 Å². The van der Waals surface area contributed by atoms with Gasteiger partial charge in [-0.15, -0.1) is 0 Å². The van der Waals surface area contributed by atoms with Crippen LogP contribution in [-0.4, -0.2) is 54.0 Å². The SMILES string of the molecule is O=C1CCCCCN1CCC(=O)N(Cc1ccsc1)C[C@@H]1CCCO1. The van der Waals surface area contributed by atoms with Crippen LogP contribution in [0.1, 0.15) is 50.5 Å². The smallest absolute Gasteiger partial charge is 0.224 e. The van der Waals surface area contributed by atoms with Crippen molar-refractivity contribution in [3.05, 3.63) is 22.4 Å². The lowest BCUT2D eigenvalue weighted by molar-refractivity contribution is -0.135. The maximum atomic E-state index is 12.8. The van der Waals surface area contributed by atoms with E-state index in [4.69, 9.17) is 4.74 Å². The number of hydrogen-bond donors (Lipinski definition) is 0. The zero-order valence-corrected chi connectivity index (χ0v) is 15.6. The summed E-state index contributed by atoms with van der Waals surface area (Å²) in [7, 11) is 0. The molecule has 1 atom stereocenters. The summed E-state index contributed by atoms with van der Waals surface area (Å²) in [6.07, 6.45) is 6.43. The minimum Gasteiger partial charge on any atom is -0.376 e. The fraction of sp³-hybridized carbons (Fsp3) is 0.684. The van der Waals surface area contributed by atoms with Gasteiger partial charge >= 0.3 is 0 Å². The van der Waals surface area contributed by atoms with Gasteiger partial charge in [-0.1, -0.05) is 6.42 Å². The number of ether oxygens (including phenoxy) is 1. The first-order valence-corrected chi connectivity index (χ1v) is 10.3. The number of carbonyl (C=O) groups excluding carboxylic acids is 2. The van der Waals surface area contributed by atoms with Crippen molar-refractivity contribution in [2.24, 2.45) is 0 Å². The van der Waals surface area contributed by atoms with Crippen molar-refractivity contribution in [3.63, 3.8) is 0 Å². The largest absolute Gasteiger partial charge is 0.376 e. The first kappa shape index (κ1) is 18.4. The van der Waals surface area contributed by atoms with Crippen LogP contribution in [0.15, 0.2) is 16.8 Å². The number of thiophene rings is 1. The highest BCUT2D eigenvalue weighted by Gasteiger charge is 2.24. The average Bonchev–Trinajstić information content (AvgIpc) is 3.26. The van der Waals surface area contributed by atoms with Crippen LogP contribution < -0.4 is 0 Å². The van der Waals surface area contributed by atoms with Crippen LogP contribution in [0.3, 0.4) is 0 Å². The lowest BCUT2D eigenvalue weighted by Crippen LogP contribution is -2.39. The second-order valence-corrected chi connectivity index (χ2v) is 7.76. The van der Waals surface area contributed by atoms with Crippen LogP contribution >= 0.6 is 11.3 Å². The van der Waals surface area contributed by atoms with Gasteiger partial charge in [-0.05, 0) is 48.1 Å². The van der Waals surface area contributed by atoms with Crippen molar-refractivity contribution >= 4 is 23.2 Å². The van der Waals surface area contributed by atoms with Gasteiger partial charge in [0.2, 0.25) is 11.8 Å². The van der Waals surface area contributed by atoms with Crippen LogP contribution in [0.2, 0.25) is 0 Å². The van der Waals surface area contributed by atoms with E-state index in [1.165, 1.54) is 5.56 Å². The van der Waals surface area contributed by atoms with E-state index < -0.39 is 0 Å². The van der Waals surface area contributed by atoms with Gasteiger partial charge in [0.25, 0.3) is 0 Å². The number of amides is 2. The molecule has 0 aromatic carbocycles. The Morgan fingerprint density at radius 2 is 2.24 bits per heavy atom. The standard InChI is InChI=1S/C19H28N2O3S/c22-18-6-2-1-3-9-20(18)10-7-19(23)21(13-16-8-12-25-15-16)14-17-5-4-11-24-17/h8,12,15,17H,1-7,9-11,13-14H2/t17-/m0/s1. The van der Waals surface area contributed by atoms with Gasteiger partial charge < -0.3 is 14.5 Å². The fourth-order valence-electron chi connectivity index (χ4n) is 3.56. The monoisotopic (exact) mass is 364 g/mol. The molecule has 2 amide bonds. The number of carbonyl (C=O) groups is 2. The van der Waals surface area contributed by atoms with Gasteiger partial charge in [0.05, 0.1) is 6.10 Å². The molecule has 0 spiro atoms. The Morgan fingerprint density at radius 3 is 3.00 bits per heavy atom. The summed E-state index contributed by atoms with van der Waals surface area (Å²) in [5.74, 6) is 0.326. The normalized spacial score (nSPS) is 21.4. The van der Waals surface area contributed by atoms with E-state index >= 15 is 0 Å². The van der Waals surface area contributed by atoms with Crippen molar-refractivity contribution in [3.8, 4) is 0 Å². The van der Waals surface area contributed by atoms with Crippen LogP contribution in [-0.2, 0) is 20.9 Å². The summed E-state index contributed by atoms with van der Waals surface area (Å²) in [5.41, 5.74) is 1.17. The molecule has 3 rings (SSSR count). The van der Waals surface area contributed by atoms with Gasteiger partial charge in [0.1, 0.15) is 0 Å². The Morgan fingerprint density at radius 1 is 1.32 bits per heavy atom. The number of hydrogen-bond acceptors (Lipinski definition) is 4. The highest BCUT2D eigenvalue weighted by atomic mass is 32.1. The number of rotatable bonds is 7. The van der Waals surface area contributed by atoms with Crippen LogP contribution in [0.25, 0.3) is 0 Å². The maximum absolute atomic E-state index is 12.8. The summed E-state index contributed by atoms with van der Waals surface area (Å²) in [6.45, 7) is 3.43. The molecule has 2 aliphatic rings. The highest BCUT2D eigenvalue weighted by molar-refractivity contribution is 7.07. The van der Waals surface area contributed by atoms with Crippen molar-refractivity contribution in [2.45, 2.75) is 57.6 Å². The molecule has 0 radical (unpaired) electrons. The molecule has 0 unspecified atom stereocenters. The maximum Gasteiger partial charge on any atom is 0.224 e. The Hall–Kier alpha value is -1.40. The third-order valence-corrected chi connectivity index (χ3v) is 5.75. The molecule has 25 heavy (non-hydrogen) atoms. The zero-order chi connectivity index (χ0) is 17.5. The molecule has 3 heterocycles. The number of nitrogens with zero attached hydrogens (tertiary/aromatic N) is 2. The van der Waals surface area contributed by atoms with E-state index in [2.05, 4.69) is 11.4 Å². The van der Waals surface area contributed by atoms with Crippen molar-refractivity contribution in [1.82, 2.24) is 9.80 Å².